The molecule has 25 heavy (non-hydrogen) atoms. The topological polar surface area (TPSA) is 119 Å². The molecule has 4 N–H and O–H groups in total. The Labute approximate surface area is 147 Å². The average Bonchev–Trinajstić information content (AvgIpc) is 2.46. The standard InChI is InChI=1S/C18H26N2O5/c1-10-6-12(15(21)9-19)7-11(2)13(10)8-14(16(22)23)20-17(24)25-18(3,4)5/h6-7,14H,8-9,19H2,1-5H3,(H,20,24)(H,22,23)/t14-/m0/s1. The molecular formula is C18H26N2O5. The third kappa shape index (κ3) is 6.19. The minimum Gasteiger partial charge on any atom is -0.480 e. The Bertz CT molecular complexity index is 654. The van der Waals surface area contributed by atoms with E-state index in [0.717, 1.165) is 16.7 Å². The molecular weight excluding hydrogens is 324 g/mol. The molecule has 0 aliphatic rings. The summed E-state index contributed by atoms with van der Waals surface area (Å²) in [5.74, 6) is -1.34. The first-order valence-corrected chi connectivity index (χ1v) is 8.00. The molecule has 7 nitrogen and oxygen atoms in total. The number of benzene rings is 1. The zero-order valence-corrected chi connectivity index (χ0v) is 15.3. The molecule has 1 aromatic rings. The van der Waals surface area contributed by atoms with Gasteiger partial charge in [0, 0.05) is 12.0 Å². The fraction of sp³-hybridized carbons (Fsp3) is 0.500. The van der Waals surface area contributed by atoms with Crippen LogP contribution in [0.5, 0.6) is 0 Å². The van der Waals surface area contributed by atoms with Crippen LogP contribution >= 0.6 is 0 Å². The van der Waals surface area contributed by atoms with Gasteiger partial charge in [-0.05, 0) is 63.4 Å². The molecule has 1 atom stereocenters. The number of hydrogen-bond donors (Lipinski definition) is 3. The number of carboxylic acids is 1. The van der Waals surface area contributed by atoms with E-state index in [1.54, 1.807) is 46.8 Å². The van der Waals surface area contributed by atoms with E-state index in [2.05, 4.69) is 5.32 Å². The van der Waals surface area contributed by atoms with E-state index in [0.29, 0.717) is 5.56 Å². The molecule has 1 rings (SSSR count). The monoisotopic (exact) mass is 350 g/mol. The predicted octanol–water partition coefficient (Wildman–Crippen LogP) is 1.97. The first kappa shape index (κ1) is 20.6. The van der Waals surface area contributed by atoms with Crippen molar-refractivity contribution >= 4 is 17.8 Å². The number of rotatable bonds is 6. The van der Waals surface area contributed by atoms with E-state index in [1.165, 1.54) is 0 Å². The summed E-state index contributed by atoms with van der Waals surface area (Å²) in [7, 11) is 0. The maximum atomic E-state index is 11.9. The summed E-state index contributed by atoms with van der Waals surface area (Å²) in [6.45, 7) is 8.59. The van der Waals surface area contributed by atoms with Crippen LogP contribution in [0.1, 0.15) is 47.8 Å². The maximum Gasteiger partial charge on any atom is 0.408 e. The number of carboxylic acid groups (broad SMARTS) is 1. The van der Waals surface area contributed by atoms with Gasteiger partial charge in [0.25, 0.3) is 0 Å². The van der Waals surface area contributed by atoms with Crippen LogP contribution in [0.15, 0.2) is 12.1 Å². The van der Waals surface area contributed by atoms with Gasteiger partial charge in [-0.25, -0.2) is 9.59 Å². The van der Waals surface area contributed by atoms with Crippen molar-refractivity contribution in [3.63, 3.8) is 0 Å². The smallest absolute Gasteiger partial charge is 0.408 e. The van der Waals surface area contributed by atoms with Crippen molar-refractivity contribution in [1.82, 2.24) is 5.32 Å². The van der Waals surface area contributed by atoms with E-state index < -0.39 is 23.7 Å². The van der Waals surface area contributed by atoms with Gasteiger partial charge >= 0.3 is 12.1 Å². The number of alkyl carbamates (subject to hydrolysis) is 1. The van der Waals surface area contributed by atoms with Gasteiger partial charge in [0.1, 0.15) is 11.6 Å². The Morgan fingerprint density at radius 1 is 1.20 bits per heavy atom. The van der Waals surface area contributed by atoms with Crippen molar-refractivity contribution in [1.29, 1.82) is 0 Å². The van der Waals surface area contributed by atoms with Crippen molar-refractivity contribution in [2.24, 2.45) is 5.73 Å². The van der Waals surface area contributed by atoms with Crippen molar-refractivity contribution < 1.29 is 24.2 Å². The quantitative estimate of drug-likeness (QED) is 0.675. The van der Waals surface area contributed by atoms with E-state index >= 15 is 0 Å². The van der Waals surface area contributed by atoms with Gasteiger partial charge in [-0.15, -0.1) is 0 Å². The normalized spacial score (nSPS) is 12.4. The number of aryl methyl sites for hydroxylation is 2. The molecule has 7 heteroatoms. The number of hydrogen-bond acceptors (Lipinski definition) is 5. The van der Waals surface area contributed by atoms with Crippen LogP contribution in [-0.4, -0.2) is 41.1 Å². The highest BCUT2D eigenvalue weighted by Crippen LogP contribution is 2.19. The summed E-state index contributed by atoms with van der Waals surface area (Å²) in [5.41, 5.74) is 7.46. The molecule has 0 saturated carbocycles. The largest absolute Gasteiger partial charge is 0.480 e. The molecule has 138 valence electrons. The molecule has 0 saturated heterocycles. The summed E-state index contributed by atoms with van der Waals surface area (Å²) in [6.07, 6.45) is -0.700. The molecule has 1 amide bonds. The summed E-state index contributed by atoms with van der Waals surface area (Å²) < 4.78 is 5.11. The van der Waals surface area contributed by atoms with Crippen molar-refractivity contribution in [3.05, 3.63) is 34.4 Å². The Morgan fingerprint density at radius 2 is 1.72 bits per heavy atom. The molecule has 0 aliphatic carbocycles. The number of nitrogens with two attached hydrogens (primary N) is 1. The highest BCUT2D eigenvalue weighted by Gasteiger charge is 2.25. The third-order valence-corrected chi connectivity index (χ3v) is 3.60. The number of ether oxygens (including phenoxy) is 1. The van der Waals surface area contributed by atoms with Gasteiger partial charge < -0.3 is 20.9 Å². The zero-order chi connectivity index (χ0) is 19.4. The van der Waals surface area contributed by atoms with Crippen LogP contribution in [0.3, 0.4) is 0 Å². The maximum absolute atomic E-state index is 11.9. The lowest BCUT2D eigenvalue weighted by Gasteiger charge is -2.23. The number of Topliss-reactive ketones (excluding diaryl/α,β-unsaturated/α-hetero) is 1. The Kier molecular flexibility index (Phi) is 6.70. The van der Waals surface area contributed by atoms with Crippen molar-refractivity contribution in [2.75, 3.05) is 6.54 Å². The third-order valence-electron chi connectivity index (χ3n) is 3.60. The molecule has 1 aromatic carbocycles. The average molecular weight is 350 g/mol. The number of aliphatic carboxylic acids is 1. The van der Waals surface area contributed by atoms with Crippen LogP contribution in [0.2, 0.25) is 0 Å². The molecule has 0 radical (unpaired) electrons. The Balaban J connectivity index is 3.01. The van der Waals surface area contributed by atoms with Crippen molar-refractivity contribution in [3.8, 4) is 0 Å². The fourth-order valence-electron chi connectivity index (χ4n) is 2.45. The Morgan fingerprint density at radius 3 is 2.12 bits per heavy atom. The number of carbonyl (C=O) groups excluding carboxylic acids is 2. The number of ketones is 1. The van der Waals surface area contributed by atoms with Gasteiger partial charge in [-0.2, -0.15) is 0 Å². The van der Waals surface area contributed by atoms with Gasteiger partial charge in [0.2, 0.25) is 0 Å². The minimum absolute atomic E-state index is 0.0866. The van der Waals surface area contributed by atoms with Crippen LogP contribution in [0.4, 0.5) is 4.79 Å². The highest BCUT2D eigenvalue weighted by molar-refractivity contribution is 5.98. The van der Waals surface area contributed by atoms with Gasteiger partial charge in [-0.3, -0.25) is 4.79 Å². The van der Waals surface area contributed by atoms with Gasteiger partial charge in [-0.1, -0.05) is 0 Å². The summed E-state index contributed by atoms with van der Waals surface area (Å²) >= 11 is 0. The summed E-state index contributed by atoms with van der Waals surface area (Å²) in [6, 6.07) is 2.23. The molecule has 0 bridgehead atoms. The number of amides is 1. The number of carbonyl (C=O) groups is 3. The first-order valence-electron chi connectivity index (χ1n) is 8.00. The molecule has 0 fully saturated rings. The molecule has 0 aromatic heterocycles. The second kappa shape index (κ2) is 8.11. The van der Waals surface area contributed by atoms with E-state index in [1.807, 2.05) is 0 Å². The van der Waals surface area contributed by atoms with E-state index in [9.17, 15) is 19.5 Å². The van der Waals surface area contributed by atoms with Crippen LogP contribution < -0.4 is 11.1 Å². The molecule has 0 unspecified atom stereocenters. The fourth-order valence-corrected chi connectivity index (χ4v) is 2.45. The lowest BCUT2D eigenvalue weighted by atomic mass is 9.93. The van der Waals surface area contributed by atoms with Crippen LogP contribution in [-0.2, 0) is 16.0 Å². The highest BCUT2D eigenvalue weighted by atomic mass is 16.6. The van der Waals surface area contributed by atoms with Gasteiger partial charge in [0.05, 0.1) is 6.54 Å². The van der Waals surface area contributed by atoms with E-state index in [4.69, 9.17) is 10.5 Å². The zero-order valence-electron chi connectivity index (χ0n) is 15.3. The molecule has 0 heterocycles. The molecule has 0 spiro atoms. The van der Waals surface area contributed by atoms with Crippen LogP contribution in [0, 0.1) is 13.8 Å². The first-order chi connectivity index (χ1) is 11.4. The van der Waals surface area contributed by atoms with E-state index in [-0.39, 0.29) is 18.7 Å². The molecule has 0 aliphatic heterocycles. The van der Waals surface area contributed by atoms with Crippen LogP contribution in [0.25, 0.3) is 0 Å². The number of nitrogens with one attached hydrogen (secondary N) is 1. The predicted molar refractivity (Wildman–Crippen MR) is 93.8 cm³/mol. The summed E-state index contributed by atoms with van der Waals surface area (Å²) in [5, 5.41) is 11.8. The lowest BCUT2D eigenvalue weighted by Crippen LogP contribution is -2.44. The lowest BCUT2D eigenvalue weighted by molar-refractivity contribution is -0.139. The second-order valence-corrected chi connectivity index (χ2v) is 6.96. The summed E-state index contributed by atoms with van der Waals surface area (Å²) in [4.78, 5) is 35.1. The second-order valence-electron chi connectivity index (χ2n) is 6.96. The Hall–Kier alpha value is -2.41. The van der Waals surface area contributed by atoms with Gasteiger partial charge in [0.15, 0.2) is 5.78 Å². The SMILES string of the molecule is Cc1cc(C(=O)CN)cc(C)c1C[C@H](NC(=O)OC(C)(C)C)C(=O)O. The van der Waals surface area contributed by atoms with Crippen molar-refractivity contribution in [2.45, 2.75) is 52.7 Å². The minimum atomic E-state index is -1.16.